The lowest BCUT2D eigenvalue weighted by atomic mass is 10.0. The summed E-state index contributed by atoms with van der Waals surface area (Å²) < 4.78 is 1.79. The summed E-state index contributed by atoms with van der Waals surface area (Å²) in [6, 6.07) is 12.2. The Morgan fingerprint density at radius 3 is 2.75 bits per heavy atom. The van der Waals surface area contributed by atoms with E-state index in [2.05, 4.69) is 34.9 Å². The SMILES string of the molecule is C#CC#CC#Cc1c2n(c3cc(C(=O)O)ccc13)CC(=O)Nc1ccccc1-2. The zero-order valence-electron chi connectivity index (χ0n) is 14.5. The van der Waals surface area contributed by atoms with Gasteiger partial charge in [0.25, 0.3) is 0 Å². The van der Waals surface area contributed by atoms with Crippen LogP contribution in [0.5, 0.6) is 0 Å². The van der Waals surface area contributed by atoms with Crippen molar-refractivity contribution in [3.63, 3.8) is 0 Å². The number of carbonyl (C=O) groups is 2. The summed E-state index contributed by atoms with van der Waals surface area (Å²) in [7, 11) is 0. The first-order valence-corrected chi connectivity index (χ1v) is 8.35. The van der Waals surface area contributed by atoms with Crippen molar-refractivity contribution < 1.29 is 14.7 Å². The molecule has 0 aliphatic carbocycles. The van der Waals surface area contributed by atoms with Crippen LogP contribution in [0.4, 0.5) is 5.69 Å². The third-order valence-corrected chi connectivity index (χ3v) is 4.45. The number of terminal acetylenes is 1. The minimum Gasteiger partial charge on any atom is -0.478 e. The number of nitrogens with zero attached hydrogens (tertiary/aromatic N) is 1. The van der Waals surface area contributed by atoms with Crippen molar-refractivity contribution in [1.82, 2.24) is 4.57 Å². The van der Waals surface area contributed by atoms with Gasteiger partial charge < -0.3 is 15.0 Å². The number of aromatic carboxylic acids is 1. The molecule has 4 rings (SSSR count). The number of benzene rings is 2. The van der Waals surface area contributed by atoms with Gasteiger partial charge in [-0.15, -0.1) is 6.42 Å². The maximum Gasteiger partial charge on any atom is 0.335 e. The first kappa shape index (κ1) is 17.0. The monoisotopic (exact) mass is 364 g/mol. The Balaban J connectivity index is 2.12. The summed E-state index contributed by atoms with van der Waals surface area (Å²) >= 11 is 0. The standard InChI is InChI=1S/C23H12N2O3/c1-2-3-4-5-8-17-16-12-11-15(23(27)28)13-20(16)25-14-21(26)24-19-10-7-6-9-18(19)22(17)25/h1,6-7,9-13H,14H2,(H,24,26)(H,27,28). The van der Waals surface area contributed by atoms with Crippen LogP contribution in [0.2, 0.25) is 0 Å². The summed E-state index contributed by atoms with van der Waals surface area (Å²) in [6.45, 7) is 0.0430. The number of amides is 1. The molecule has 0 unspecified atom stereocenters. The van der Waals surface area contributed by atoms with E-state index in [9.17, 15) is 14.7 Å². The molecule has 2 aromatic carbocycles. The van der Waals surface area contributed by atoms with Gasteiger partial charge in [-0.2, -0.15) is 0 Å². The zero-order chi connectivity index (χ0) is 19.7. The van der Waals surface area contributed by atoms with Crippen LogP contribution in [0.1, 0.15) is 15.9 Å². The fraction of sp³-hybridized carbons (Fsp3) is 0.0435. The number of rotatable bonds is 1. The van der Waals surface area contributed by atoms with Crippen molar-refractivity contribution in [3.8, 4) is 47.3 Å². The van der Waals surface area contributed by atoms with E-state index in [1.54, 1.807) is 16.7 Å². The van der Waals surface area contributed by atoms with Crippen molar-refractivity contribution in [1.29, 1.82) is 0 Å². The number of hydrogen-bond acceptors (Lipinski definition) is 2. The van der Waals surface area contributed by atoms with Crippen LogP contribution in [0.15, 0.2) is 42.5 Å². The highest BCUT2D eigenvalue weighted by atomic mass is 16.4. The van der Waals surface area contributed by atoms with E-state index in [-0.39, 0.29) is 18.0 Å². The minimum absolute atomic E-state index is 0.0430. The van der Waals surface area contributed by atoms with Gasteiger partial charge in [0.2, 0.25) is 5.91 Å². The fourth-order valence-corrected chi connectivity index (χ4v) is 3.35. The number of para-hydroxylation sites is 1. The molecular weight excluding hydrogens is 352 g/mol. The summed E-state index contributed by atoms with van der Waals surface area (Å²) in [5, 5.41) is 13.0. The summed E-state index contributed by atoms with van der Waals surface area (Å²) in [6.07, 6.45) is 5.14. The van der Waals surface area contributed by atoms with Crippen molar-refractivity contribution >= 4 is 28.5 Å². The number of hydrogen-bond donors (Lipinski definition) is 2. The number of carboxylic acid groups (broad SMARTS) is 1. The molecule has 0 saturated carbocycles. The lowest BCUT2D eigenvalue weighted by Gasteiger charge is -2.07. The second kappa shape index (κ2) is 6.72. The Morgan fingerprint density at radius 2 is 1.96 bits per heavy atom. The molecule has 1 aliphatic heterocycles. The fourth-order valence-electron chi connectivity index (χ4n) is 3.35. The predicted octanol–water partition coefficient (Wildman–Crippen LogP) is 2.95. The van der Waals surface area contributed by atoms with Gasteiger partial charge >= 0.3 is 5.97 Å². The van der Waals surface area contributed by atoms with E-state index in [1.807, 2.05) is 24.3 Å². The highest BCUT2D eigenvalue weighted by molar-refractivity contribution is 6.05. The smallest absolute Gasteiger partial charge is 0.335 e. The normalized spacial score (nSPS) is 11.5. The Labute approximate surface area is 161 Å². The molecule has 0 fully saturated rings. The highest BCUT2D eigenvalue weighted by Crippen LogP contribution is 2.39. The summed E-state index contributed by atoms with van der Waals surface area (Å²) in [4.78, 5) is 23.9. The Morgan fingerprint density at radius 1 is 1.14 bits per heavy atom. The van der Waals surface area contributed by atoms with Crippen LogP contribution in [0, 0.1) is 36.0 Å². The zero-order valence-corrected chi connectivity index (χ0v) is 14.5. The lowest BCUT2D eigenvalue weighted by Crippen LogP contribution is -2.16. The molecule has 0 radical (unpaired) electrons. The van der Waals surface area contributed by atoms with E-state index in [4.69, 9.17) is 6.42 Å². The van der Waals surface area contributed by atoms with Crippen LogP contribution >= 0.6 is 0 Å². The van der Waals surface area contributed by atoms with Gasteiger partial charge in [0.05, 0.1) is 28.0 Å². The van der Waals surface area contributed by atoms with E-state index in [0.29, 0.717) is 16.8 Å². The van der Waals surface area contributed by atoms with Crippen molar-refractivity contribution in [2.24, 2.45) is 0 Å². The molecule has 132 valence electrons. The molecule has 0 saturated heterocycles. The Kier molecular flexibility index (Phi) is 4.09. The van der Waals surface area contributed by atoms with E-state index in [1.165, 1.54) is 6.07 Å². The average Bonchev–Trinajstić information content (AvgIpc) is 2.88. The minimum atomic E-state index is -1.04. The highest BCUT2D eigenvalue weighted by Gasteiger charge is 2.25. The number of nitrogens with one attached hydrogen (secondary N) is 1. The van der Waals surface area contributed by atoms with Crippen LogP contribution in [-0.4, -0.2) is 21.6 Å². The number of fused-ring (bicyclic) bond motifs is 5. The van der Waals surface area contributed by atoms with Crippen LogP contribution in [0.3, 0.4) is 0 Å². The number of carboxylic acids is 1. The van der Waals surface area contributed by atoms with Gasteiger partial charge in [-0.05, 0) is 47.8 Å². The third-order valence-electron chi connectivity index (χ3n) is 4.45. The molecule has 1 aromatic heterocycles. The number of aromatic nitrogens is 1. The topological polar surface area (TPSA) is 71.3 Å². The quantitative estimate of drug-likeness (QED) is 0.652. The Bertz CT molecular complexity index is 1330. The van der Waals surface area contributed by atoms with Gasteiger partial charge in [0, 0.05) is 10.9 Å². The molecule has 0 atom stereocenters. The second-order valence-electron chi connectivity index (χ2n) is 6.08. The summed E-state index contributed by atoms with van der Waals surface area (Å²) in [5.74, 6) is 11.8. The maximum atomic E-state index is 12.5. The molecule has 2 heterocycles. The first-order valence-electron chi connectivity index (χ1n) is 8.35. The molecular formula is C23H12N2O3. The summed E-state index contributed by atoms with van der Waals surface area (Å²) in [5.41, 5.74) is 3.64. The molecule has 5 nitrogen and oxygen atoms in total. The van der Waals surface area contributed by atoms with Gasteiger partial charge in [0.1, 0.15) is 6.54 Å². The molecule has 5 heteroatoms. The second-order valence-corrected chi connectivity index (χ2v) is 6.08. The largest absolute Gasteiger partial charge is 0.478 e. The number of anilines is 1. The van der Waals surface area contributed by atoms with Crippen LogP contribution < -0.4 is 5.32 Å². The van der Waals surface area contributed by atoms with Crippen LogP contribution in [0.25, 0.3) is 22.2 Å². The predicted molar refractivity (Wildman–Crippen MR) is 106 cm³/mol. The van der Waals surface area contributed by atoms with E-state index in [0.717, 1.165) is 16.6 Å². The van der Waals surface area contributed by atoms with Gasteiger partial charge in [-0.25, -0.2) is 4.79 Å². The molecule has 2 N–H and O–H groups in total. The Hall–Kier alpha value is -4.40. The van der Waals surface area contributed by atoms with Gasteiger partial charge in [0.15, 0.2) is 0 Å². The molecule has 3 aromatic rings. The van der Waals surface area contributed by atoms with Gasteiger partial charge in [-0.3, -0.25) is 4.79 Å². The lowest BCUT2D eigenvalue weighted by molar-refractivity contribution is -0.116. The van der Waals surface area contributed by atoms with Crippen molar-refractivity contribution in [2.75, 3.05) is 5.32 Å². The third kappa shape index (κ3) is 2.76. The maximum absolute atomic E-state index is 12.5. The van der Waals surface area contributed by atoms with E-state index >= 15 is 0 Å². The molecule has 0 spiro atoms. The van der Waals surface area contributed by atoms with Crippen molar-refractivity contribution in [2.45, 2.75) is 6.54 Å². The molecule has 0 bridgehead atoms. The molecule has 1 aliphatic rings. The average molecular weight is 364 g/mol. The van der Waals surface area contributed by atoms with E-state index < -0.39 is 5.97 Å². The molecule has 28 heavy (non-hydrogen) atoms. The van der Waals surface area contributed by atoms with Crippen LogP contribution in [-0.2, 0) is 11.3 Å². The number of carbonyl (C=O) groups excluding carboxylic acids is 1. The van der Waals surface area contributed by atoms with Crippen molar-refractivity contribution in [3.05, 3.63) is 53.6 Å². The molecule has 1 amide bonds. The van der Waals surface area contributed by atoms with Gasteiger partial charge in [-0.1, -0.05) is 24.3 Å². The first-order chi connectivity index (χ1) is 13.6.